The fraction of sp³-hybridized carbons (Fsp3) is 0.263. The predicted molar refractivity (Wildman–Crippen MR) is 102 cm³/mol. The van der Waals surface area contributed by atoms with Gasteiger partial charge in [-0.05, 0) is 42.7 Å². The van der Waals surface area contributed by atoms with Crippen LogP contribution < -0.4 is 10.5 Å². The van der Waals surface area contributed by atoms with Gasteiger partial charge in [0.1, 0.15) is 5.82 Å². The Morgan fingerprint density at radius 1 is 1.11 bits per heavy atom. The summed E-state index contributed by atoms with van der Waals surface area (Å²) in [5.41, 5.74) is 0.850. The van der Waals surface area contributed by atoms with Crippen molar-refractivity contribution >= 4 is 27.6 Å². The third-order valence-electron chi connectivity index (χ3n) is 3.98. The summed E-state index contributed by atoms with van der Waals surface area (Å²) in [4.78, 5) is 24.1. The maximum absolute atomic E-state index is 13.9. The van der Waals surface area contributed by atoms with E-state index in [1.54, 1.807) is 12.1 Å². The van der Waals surface area contributed by atoms with Gasteiger partial charge in [0.25, 0.3) is 5.91 Å². The van der Waals surface area contributed by atoms with E-state index in [9.17, 15) is 22.4 Å². The van der Waals surface area contributed by atoms with E-state index in [0.717, 1.165) is 23.8 Å². The standard InChI is InChI=1S/C19H21FN2O5S/c1-11(2)14-6-4-5-7-17(14)22-18(23)12(3)27-19(24)15-10-13(28(21,25)26)8-9-16(15)20/h4-12H,1-3H3,(H,22,23)(H2,21,25,26)/t12-/m0/s1. The van der Waals surface area contributed by atoms with Crippen molar-refractivity contribution in [3.05, 3.63) is 59.4 Å². The van der Waals surface area contributed by atoms with E-state index in [2.05, 4.69) is 5.32 Å². The number of carbonyl (C=O) groups is 2. The Balaban J connectivity index is 2.16. The number of hydrogen-bond donors (Lipinski definition) is 2. The minimum Gasteiger partial charge on any atom is -0.449 e. The second kappa shape index (κ2) is 8.49. The minimum absolute atomic E-state index is 0.157. The van der Waals surface area contributed by atoms with E-state index in [-0.39, 0.29) is 5.92 Å². The van der Waals surface area contributed by atoms with Gasteiger partial charge < -0.3 is 10.1 Å². The molecule has 0 heterocycles. The lowest BCUT2D eigenvalue weighted by molar-refractivity contribution is -0.123. The summed E-state index contributed by atoms with van der Waals surface area (Å²) in [7, 11) is -4.13. The van der Waals surface area contributed by atoms with Crippen molar-refractivity contribution in [2.75, 3.05) is 5.32 Å². The third kappa shape index (κ3) is 5.14. The number of ether oxygens (including phenoxy) is 1. The van der Waals surface area contributed by atoms with E-state index >= 15 is 0 Å². The van der Waals surface area contributed by atoms with E-state index in [4.69, 9.17) is 9.88 Å². The molecule has 0 saturated carbocycles. The zero-order valence-corrected chi connectivity index (χ0v) is 16.4. The molecule has 2 aromatic rings. The van der Waals surface area contributed by atoms with Crippen LogP contribution in [0.25, 0.3) is 0 Å². The molecular formula is C19H21FN2O5S. The van der Waals surface area contributed by atoms with E-state index in [1.165, 1.54) is 6.92 Å². The molecule has 9 heteroatoms. The maximum atomic E-state index is 13.9. The van der Waals surface area contributed by atoms with Gasteiger partial charge in [0.2, 0.25) is 10.0 Å². The highest BCUT2D eigenvalue weighted by Crippen LogP contribution is 2.24. The molecule has 0 radical (unpaired) electrons. The normalized spacial score (nSPS) is 12.5. The summed E-state index contributed by atoms with van der Waals surface area (Å²) in [5, 5.41) is 7.66. The van der Waals surface area contributed by atoms with Gasteiger partial charge in [-0.2, -0.15) is 0 Å². The minimum atomic E-state index is -4.13. The lowest BCUT2D eigenvalue weighted by Gasteiger charge is -2.17. The van der Waals surface area contributed by atoms with Crippen molar-refractivity contribution in [1.82, 2.24) is 0 Å². The average Bonchev–Trinajstić information content (AvgIpc) is 2.61. The highest BCUT2D eigenvalue weighted by atomic mass is 32.2. The van der Waals surface area contributed by atoms with Crippen LogP contribution in [-0.2, 0) is 19.6 Å². The van der Waals surface area contributed by atoms with Crippen molar-refractivity contribution in [1.29, 1.82) is 0 Å². The van der Waals surface area contributed by atoms with Gasteiger partial charge in [-0.15, -0.1) is 0 Å². The summed E-state index contributed by atoms with van der Waals surface area (Å²) in [5.74, 6) is -2.62. The summed E-state index contributed by atoms with van der Waals surface area (Å²) in [6.07, 6.45) is -1.25. The molecule has 0 spiro atoms. The van der Waals surface area contributed by atoms with Crippen LogP contribution in [0.2, 0.25) is 0 Å². The first-order valence-electron chi connectivity index (χ1n) is 8.44. The Labute approximate surface area is 162 Å². The first-order chi connectivity index (χ1) is 13.0. The first-order valence-corrected chi connectivity index (χ1v) is 9.98. The number of amides is 1. The summed E-state index contributed by atoms with van der Waals surface area (Å²) in [6, 6.07) is 9.68. The zero-order valence-electron chi connectivity index (χ0n) is 15.6. The predicted octanol–water partition coefficient (Wildman–Crippen LogP) is 2.78. The number of hydrogen-bond acceptors (Lipinski definition) is 5. The molecule has 150 valence electrons. The number of primary sulfonamides is 1. The number of rotatable bonds is 6. The van der Waals surface area contributed by atoms with Crippen molar-refractivity contribution in [2.45, 2.75) is 37.7 Å². The van der Waals surface area contributed by atoms with Crippen LogP contribution in [0.4, 0.5) is 10.1 Å². The molecule has 0 aromatic heterocycles. The number of nitrogens with one attached hydrogen (secondary N) is 1. The van der Waals surface area contributed by atoms with Gasteiger partial charge in [-0.1, -0.05) is 32.0 Å². The fourth-order valence-corrected chi connectivity index (χ4v) is 3.00. The maximum Gasteiger partial charge on any atom is 0.341 e. The number of sulfonamides is 1. The SMILES string of the molecule is CC(C)c1ccccc1NC(=O)[C@H](C)OC(=O)c1cc(S(N)(=O)=O)ccc1F. The number of esters is 1. The molecular weight excluding hydrogens is 387 g/mol. The number of para-hydroxylation sites is 1. The Kier molecular flexibility index (Phi) is 6.52. The molecule has 0 aliphatic rings. The molecule has 0 bridgehead atoms. The molecule has 3 N–H and O–H groups in total. The van der Waals surface area contributed by atoms with Gasteiger partial charge in [0.05, 0.1) is 10.5 Å². The third-order valence-corrected chi connectivity index (χ3v) is 4.89. The van der Waals surface area contributed by atoms with Crippen LogP contribution in [0, 0.1) is 5.82 Å². The molecule has 28 heavy (non-hydrogen) atoms. The Morgan fingerprint density at radius 2 is 1.75 bits per heavy atom. The molecule has 7 nitrogen and oxygen atoms in total. The second-order valence-corrected chi connectivity index (χ2v) is 8.03. The van der Waals surface area contributed by atoms with Gasteiger partial charge >= 0.3 is 5.97 Å². The lowest BCUT2D eigenvalue weighted by atomic mass is 10.0. The van der Waals surface area contributed by atoms with Crippen LogP contribution in [0.3, 0.4) is 0 Å². The number of benzene rings is 2. The largest absolute Gasteiger partial charge is 0.449 e. The zero-order chi connectivity index (χ0) is 21.1. The van der Waals surface area contributed by atoms with Crippen LogP contribution in [0.1, 0.15) is 42.6 Å². The van der Waals surface area contributed by atoms with Gasteiger partial charge in [0.15, 0.2) is 6.10 Å². The quantitative estimate of drug-likeness (QED) is 0.713. The Bertz CT molecular complexity index is 1010. The van der Waals surface area contributed by atoms with Crippen LogP contribution in [0.15, 0.2) is 47.4 Å². The number of halogens is 1. The van der Waals surface area contributed by atoms with Crippen molar-refractivity contribution in [2.24, 2.45) is 5.14 Å². The van der Waals surface area contributed by atoms with Crippen molar-refractivity contribution < 1.29 is 27.1 Å². The van der Waals surface area contributed by atoms with Crippen LogP contribution in [0.5, 0.6) is 0 Å². The average molecular weight is 408 g/mol. The summed E-state index contributed by atoms with van der Waals surface area (Å²) < 4.78 is 41.7. The molecule has 0 aliphatic heterocycles. The Morgan fingerprint density at radius 3 is 2.36 bits per heavy atom. The van der Waals surface area contributed by atoms with Gasteiger partial charge in [-0.25, -0.2) is 22.7 Å². The second-order valence-electron chi connectivity index (χ2n) is 6.47. The smallest absolute Gasteiger partial charge is 0.341 e. The van der Waals surface area contributed by atoms with Gasteiger partial charge in [-0.3, -0.25) is 4.79 Å². The number of anilines is 1. The topological polar surface area (TPSA) is 116 Å². The number of nitrogens with two attached hydrogens (primary N) is 1. The lowest BCUT2D eigenvalue weighted by Crippen LogP contribution is -2.30. The first kappa shape index (κ1) is 21.5. The molecule has 1 amide bonds. The van der Waals surface area contributed by atoms with E-state index < -0.39 is 44.3 Å². The molecule has 2 aromatic carbocycles. The van der Waals surface area contributed by atoms with Gasteiger partial charge in [0, 0.05) is 5.69 Å². The highest BCUT2D eigenvalue weighted by molar-refractivity contribution is 7.89. The molecule has 0 fully saturated rings. The number of carbonyl (C=O) groups excluding carboxylic acids is 2. The van der Waals surface area contributed by atoms with E-state index in [1.807, 2.05) is 26.0 Å². The van der Waals surface area contributed by atoms with Crippen LogP contribution in [-0.4, -0.2) is 26.4 Å². The summed E-state index contributed by atoms with van der Waals surface area (Å²) in [6.45, 7) is 5.26. The Hall–Kier alpha value is -2.78. The fourth-order valence-electron chi connectivity index (χ4n) is 2.46. The van der Waals surface area contributed by atoms with Crippen molar-refractivity contribution in [3.8, 4) is 0 Å². The highest BCUT2D eigenvalue weighted by Gasteiger charge is 2.23. The molecule has 0 aliphatic carbocycles. The summed E-state index contributed by atoms with van der Waals surface area (Å²) >= 11 is 0. The van der Waals surface area contributed by atoms with Crippen LogP contribution >= 0.6 is 0 Å². The molecule has 1 atom stereocenters. The molecule has 2 rings (SSSR count). The van der Waals surface area contributed by atoms with Crippen molar-refractivity contribution in [3.63, 3.8) is 0 Å². The monoisotopic (exact) mass is 408 g/mol. The molecule has 0 unspecified atom stereocenters. The van der Waals surface area contributed by atoms with E-state index in [0.29, 0.717) is 5.69 Å². The molecule has 0 saturated heterocycles.